The fourth-order valence-electron chi connectivity index (χ4n) is 19.0. The molecule has 3 fully saturated rings. The van der Waals surface area contributed by atoms with Gasteiger partial charge in [-0.05, 0) is 194 Å². The van der Waals surface area contributed by atoms with E-state index in [2.05, 4.69) is 202 Å². The van der Waals surface area contributed by atoms with Crippen molar-refractivity contribution in [1.82, 2.24) is 0 Å². The number of rotatable bonds is 12. The lowest BCUT2D eigenvalue weighted by molar-refractivity contribution is 0.0792. The van der Waals surface area contributed by atoms with E-state index < -0.39 is 0 Å². The fourth-order valence-corrected chi connectivity index (χ4v) is 19.0. The van der Waals surface area contributed by atoms with Gasteiger partial charge < -0.3 is 4.90 Å². The molecular formula is C76H100BN. The minimum Gasteiger partial charge on any atom is -0.363 e. The first-order valence-corrected chi connectivity index (χ1v) is 32.4. The van der Waals surface area contributed by atoms with E-state index in [1.807, 2.05) is 0 Å². The van der Waals surface area contributed by atoms with Crippen LogP contribution in [0.25, 0.3) is 0 Å². The molecule has 0 saturated heterocycles. The summed E-state index contributed by atoms with van der Waals surface area (Å²) in [4.78, 5) is 3.23. The average molecular weight is 1040 g/mol. The van der Waals surface area contributed by atoms with Crippen molar-refractivity contribution in [1.29, 1.82) is 0 Å². The maximum atomic E-state index is 3.23. The lowest BCUT2D eigenvalue weighted by atomic mass is 9.23. The van der Waals surface area contributed by atoms with Crippen LogP contribution in [-0.4, -0.2) is 18.8 Å². The summed E-state index contributed by atoms with van der Waals surface area (Å²) >= 11 is 0. The molecule has 0 spiro atoms. The lowest BCUT2D eigenvalue weighted by Gasteiger charge is -2.62. The molecule has 0 amide bonds. The number of nitrogens with zero attached hydrogens (tertiary/aromatic N) is 1. The molecule has 2 aliphatic heterocycles. The van der Waals surface area contributed by atoms with Gasteiger partial charge in [0.05, 0.1) is 0 Å². The molecule has 0 radical (unpaired) electrons. The van der Waals surface area contributed by atoms with Gasteiger partial charge in [0.2, 0.25) is 6.71 Å². The number of benzene rings is 3. The van der Waals surface area contributed by atoms with Gasteiger partial charge in [0.1, 0.15) is 0 Å². The molecule has 8 atom stereocenters. The van der Waals surface area contributed by atoms with Crippen molar-refractivity contribution in [2.75, 3.05) is 4.90 Å². The third kappa shape index (κ3) is 9.55. The van der Waals surface area contributed by atoms with Crippen LogP contribution in [0.2, 0.25) is 5.82 Å². The Balaban J connectivity index is 1.08. The Hall–Kier alpha value is -4.30. The Bertz CT molecular complexity index is 2910. The zero-order chi connectivity index (χ0) is 54.2. The summed E-state index contributed by atoms with van der Waals surface area (Å²) in [7, 11) is 0. The van der Waals surface area contributed by atoms with Crippen LogP contribution in [0.15, 0.2) is 150 Å². The summed E-state index contributed by atoms with van der Waals surface area (Å²) in [5.41, 5.74) is 18.1. The van der Waals surface area contributed by atoms with Crippen molar-refractivity contribution in [3.63, 3.8) is 0 Å². The monoisotopic (exact) mass is 1040 g/mol. The molecule has 3 saturated carbocycles. The van der Waals surface area contributed by atoms with Crippen LogP contribution < -0.4 is 15.8 Å². The molecule has 3 aromatic rings. The second-order valence-corrected chi connectivity index (χ2v) is 29.9. The Labute approximate surface area is 475 Å². The van der Waals surface area contributed by atoms with Gasteiger partial charge in [0.25, 0.3) is 0 Å². The van der Waals surface area contributed by atoms with Crippen LogP contribution in [0.4, 0.5) is 5.69 Å². The molecule has 78 heavy (non-hydrogen) atoms. The minimum atomic E-state index is -0.0699. The van der Waals surface area contributed by atoms with Crippen molar-refractivity contribution in [3.05, 3.63) is 172 Å². The molecule has 1 nitrogen and oxygen atoms in total. The molecule has 2 heteroatoms. The lowest BCUT2D eigenvalue weighted by Crippen LogP contribution is -2.69. The number of fused-ring (bicyclic) bond motifs is 4. The van der Waals surface area contributed by atoms with Crippen molar-refractivity contribution in [3.8, 4) is 0 Å². The van der Waals surface area contributed by atoms with Gasteiger partial charge in [0, 0.05) is 28.6 Å². The number of hydrogen-bond acceptors (Lipinski definition) is 1. The van der Waals surface area contributed by atoms with Gasteiger partial charge in [-0.1, -0.05) is 244 Å². The van der Waals surface area contributed by atoms with E-state index in [1.54, 1.807) is 38.9 Å². The zero-order valence-electron chi connectivity index (χ0n) is 50.5. The molecule has 0 aromatic heterocycles. The van der Waals surface area contributed by atoms with Crippen LogP contribution in [0.3, 0.4) is 0 Å². The Morgan fingerprint density at radius 2 is 1.21 bits per heavy atom. The first kappa shape index (κ1) is 54.3. The predicted octanol–water partition coefficient (Wildman–Crippen LogP) is 19.3. The molecule has 0 bridgehead atoms. The van der Waals surface area contributed by atoms with E-state index >= 15 is 0 Å². The highest BCUT2D eigenvalue weighted by Crippen LogP contribution is 2.63. The largest absolute Gasteiger partial charge is 0.363 e. The van der Waals surface area contributed by atoms with Gasteiger partial charge in [-0.15, -0.1) is 0 Å². The third-order valence-corrected chi connectivity index (χ3v) is 24.4. The van der Waals surface area contributed by atoms with E-state index in [1.165, 1.54) is 125 Å². The Kier molecular flexibility index (Phi) is 14.8. The second-order valence-electron chi connectivity index (χ2n) is 29.9. The van der Waals surface area contributed by atoms with Crippen LogP contribution in [-0.2, 0) is 16.2 Å². The summed E-state index contributed by atoms with van der Waals surface area (Å²) in [6.07, 6.45) is 50.8. The summed E-state index contributed by atoms with van der Waals surface area (Å²) in [5, 5.41) is 0. The molecule has 12 rings (SSSR count). The van der Waals surface area contributed by atoms with E-state index in [0.717, 1.165) is 31.6 Å². The Morgan fingerprint density at radius 1 is 0.513 bits per heavy atom. The molecule has 2 heterocycles. The van der Waals surface area contributed by atoms with Crippen LogP contribution in [0.5, 0.6) is 0 Å². The van der Waals surface area contributed by atoms with Gasteiger partial charge in [-0.25, -0.2) is 0 Å². The highest BCUT2D eigenvalue weighted by molar-refractivity contribution is 6.88. The SMILES string of the molecule is CC(C)(C1=CCCC=C1)c1ccc2c(c1)C(C1CCCC(C(C)(C)c3ccccc3)C1)C1CC(C(C)(C)C3=CC=CCC3)CC3C1B2c1ccc(C(C)(C)C2=CC=CCC2)cc1N3C1C=C(C(C)(C)C2CCCCC2)CCC1. The van der Waals surface area contributed by atoms with E-state index in [4.69, 9.17) is 0 Å². The van der Waals surface area contributed by atoms with Crippen molar-refractivity contribution >= 4 is 23.3 Å². The van der Waals surface area contributed by atoms with Crippen LogP contribution >= 0.6 is 0 Å². The maximum absolute atomic E-state index is 3.23. The highest BCUT2D eigenvalue weighted by Gasteiger charge is 2.60. The predicted molar refractivity (Wildman–Crippen MR) is 337 cm³/mol. The average Bonchev–Trinajstić information content (AvgIpc) is 3.50. The zero-order valence-corrected chi connectivity index (χ0v) is 50.5. The molecule has 8 unspecified atom stereocenters. The fraction of sp³-hybridized carbons (Fsp3) is 0.579. The molecular weight excluding hydrogens is 938 g/mol. The Morgan fingerprint density at radius 3 is 1.91 bits per heavy atom. The third-order valence-electron chi connectivity index (χ3n) is 24.4. The molecule has 7 aliphatic carbocycles. The highest BCUT2D eigenvalue weighted by atomic mass is 15.2. The van der Waals surface area contributed by atoms with E-state index in [0.29, 0.717) is 54.2 Å². The van der Waals surface area contributed by atoms with E-state index in [9.17, 15) is 0 Å². The first-order chi connectivity index (χ1) is 37.5. The normalized spacial score (nSPS) is 28.9. The second kappa shape index (κ2) is 21.2. The first-order valence-electron chi connectivity index (χ1n) is 32.4. The van der Waals surface area contributed by atoms with Crippen LogP contribution in [0, 0.1) is 40.4 Å². The number of anilines is 1. The summed E-state index contributed by atoms with van der Waals surface area (Å²) in [6, 6.07) is 28.9. The summed E-state index contributed by atoms with van der Waals surface area (Å²) in [5.74, 6) is 4.37. The molecule has 412 valence electrons. The van der Waals surface area contributed by atoms with Crippen molar-refractivity contribution < 1.29 is 0 Å². The quantitative estimate of drug-likeness (QED) is 0.129. The number of allylic oxidation sites excluding steroid dienone is 13. The minimum absolute atomic E-state index is 0.0528. The standard InChI is InChI=1S/C76H100BN/c1-72(2,53-29-16-11-17-30-53)58-39-26-28-52(46-58)70-64-48-60(74(5,6)55-33-20-13-21-34-55)42-44-66(64)77-67-45-43-61(75(7,8)56-35-22-14-23-36-56)50-68(67)78(63-41-27-40-59(47-63)73(3,4)54-31-18-12-19-32-54)69-51-62(49-65(70)71(69)77)76(9,10)57-37-24-15-25-38-57/h11,14-17,20,22,24,29-30,33-35,37,42-45,47-48,50,52,54,58,62-63,65,69-71H,12-13,18-19,21,23,25-28,31-32,36,38-41,46,49,51H2,1-10H3. The molecule has 3 aromatic carbocycles. The summed E-state index contributed by atoms with van der Waals surface area (Å²) in [6.45, 7) is 26.5. The summed E-state index contributed by atoms with van der Waals surface area (Å²) < 4.78 is 0. The number of hydrogen-bond donors (Lipinski definition) is 0. The topological polar surface area (TPSA) is 3.24 Å². The van der Waals surface area contributed by atoms with Gasteiger partial charge >= 0.3 is 0 Å². The van der Waals surface area contributed by atoms with Crippen molar-refractivity contribution in [2.24, 2.45) is 40.4 Å². The van der Waals surface area contributed by atoms with Gasteiger partial charge in [0.15, 0.2) is 0 Å². The molecule has 0 N–H and O–H groups in total. The van der Waals surface area contributed by atoms with Crippen LogP contribution in [0.1, 0.15) is 226 Å². The molecule has 9 aliphatic rings. The smallest absolute Gasteiger partial charge is 0.217 e. The van der Waals surface area contributed by atoms with Crippen molar-refractivity contribution in [2.45, 2.75) is 238 Å². The van der Waals surface area contributed by atoms with E-state index in [-0.39, 0.29) is 27.1 Å². The van der Waals surface area contributed by atoms with Gasteiger partial charge in [-0.2, -0.15) is 0 Å². The van der Waals surface area contributed by atoms with Gasteiger partial charge in [-0.3, -0.25) is 0 Å². The maximum Gasteiger partial charge on any atom is 0.217 e.